The predicted molar refractivity (Wildman–Crippen MR) is 64.8 cm³/mol. The second kappa shape index (κ2) is 5.93. The van der Waals surface area contributed by atoms with Crippen LogP contribution in [-0.2, 0) is 11.3 Å². The minimum Gasteiger partial charge on any atom is -0.390 e. The lowest BCUT2D eigenvalue weighted by Crippen LogP contribution is -2.37. The van der Waals surface area contributed by atoms with E-state index in [9.17, 15) is 0 Å². The lowest BCUT2D eigenvalue weighted by Gasteiger charge is -2.33. The summed E-state index contributed by atoms with van der Waals surface area (Å²) in [5.74, 6) is 1.42. The normalized spacial score (nSPS) is 20.6. The molecule has 94 valence electrons. The van der Waals surface area contributed by atoms with E-state index in [1.807, 2.05) is 0 Å². The molecule has 1 aliphatic rings. The largest absolute Gasteiger partial charge is 0.390 e. The van der Waals surface area contributed by atoms with Crippen LogP contribution in [0.5, 0.6) is 0 Å². The summed E-state index contributed by atoms with van der Waals surface area (Å²) in [4.78, 5) is 10.7. The van der Waals surface area contributed by atoms with Crippen LogP contribution < -0.4 is 4.90 Å². The van der Waals surface area contributed by atoms with E-state index in [2.05, 4.69) is 14.9 Å². The SMILES string of the molecule is COCC1CCCN(c2cncc(CO)n2)C1. The van der Waals surface area contributed by atoms with Gasteiger partial charge in [-0.1, -0.05) is 0 Å². The molecule has 2 heterocycles. The third-order valence-corrected chi connectivity index (χ3v) is 3.08. The molecule has 1 aromatic heterocycles. The Balaban J connectivity index is 2.05. The molecule has 1 N–H and O–H groups in total. The molecule has 5 nitrogen and oxygen atoms in total. The highest BCUT2D eigenvalue weighted by molar-refractivity contribution is 5.36. The van der Waals surface area contributed by atoms with Crippen LogP contribution in [-0.4, -0.2) is 41.9 Å². The predicted octanol–water partition coefficient (Wildman–Crippen LogP) is 0.832. The Kier molecular flexibility index (Phi) is 4.28. The number of hydrogen-bond acceptors (Lipinski definition) is 5. The van der Waals surface area contributed by atoms with E-state index in [-0.39, 0.29) is 6.61 Å². The van der Waals surface area contributed by atoms with Gasteiger partial charge < -0.3 is 14.7 Å². The van der Waals surface area contributed by atoms with Crippen molar-refractivity contribution in [2.45, 2.75) is 19.4 Å². The number of hydrogen-bond donors (Lipinski definition) is 1. The number of aliphatic hydroxyl groups excluding tert-OH is 1. The lowest BCUT2D eigenvalue weighted by atomic mass is 9.99. The molecule has 0 amide bonds. The number of aliphatic hydroxyl groups is 1. The molecule has 1 aliphatic heterocycles. The first-order valence-electron chi connectivity index (χ1n) is 5.99. The van der Waals surface area contributed by atoms with Crippen LogP contribution in [0.4, 0.5) is 5.82 Å². The highest BCUT2D eigenvalue weighted by Crippen LogP contribution is 2.21. The maximum Gasteiger partial charge on any atom is 0.147 e. The van der Waals surface area contributed by atoms with Gasteiger partial charge in [0, 0.05) is 20.2 Å². The summed E-state index contributed by atoms with van der Waals surface area (Å²) in [7, 11) is 1.74. The molecule has 1 fully saturated rings. The van der Waals surface area contributed by atoms with Crippen molar-refractivity contribution in [3.05, 3.63) is 18.1 Å². The Labute approximate surface area is 101 Å². The molecular formula is C12H19N3O2. The van der Waals surface area contributed by atoms with Gasteiger partial charge in [-0.15, -0.1) is 0 Å². The number of nitrogens with zero attached hydrogens (tertiary/aromatic N) is 3. The van der Waals surface area contributed by atoms with Gasteiger partial charge in [0.2, 0.25) is 0 Å². The summed E-state index contributed by atoms with van der Waals surface area (Å²) < 4.78 is 5.21. The van der Waals surface area contributed by atoms with E-state index >= 15 is 0 Å². The minimum atomic E-state index is -0.0593. The van der Waals surface area contributed by atoms with E-state index in [1.54, 1.807) is 19.5 Å². The van der Waals surface area contributed by atoms with Crippen LogP contribution in [0.3, 0.4) is 0 Å². The molecule has 0 radical (unpaired) electrons. The number of ether oxygens (including phenoxy) is 1. The quantitative estimate of drug-likeness (QED) is 0.840. The molecular weight excluding hydrogens is 218 g/mol. The zero-order valence-electron chi connectivity index (χ0n) is 10.2. The van der Waals surface area contributed by atoms with E-state index in [1.165, 1.54) is 6.42 Å². The molecule has 0 aromatic carbocycles. The summed E-state index contributed by atoms with van der Waals surface area (Å²) in [6, 6.07) is 0. The molecule has 17 heavy (non-hydrogen) atoms. The zero-order chi connectivity index (χ0) is 12.1. The van der Waals surface area contributed by atoms with Crippen molar-refractivity contribution >= 4 is 5.82 Å². The lowest BCUT2D eigenvalue weighted by molar-refractivity contribution is 0.143. The van der Waals surface area contributed by atoms with Crippen molar-refractivity contribution in [1.82, 2.24) is 9.97 Å². The van der Waals surface area contributed by atoms with Gasteiger partial charge in [-0.25, -0.2) is 4.98 Å². The van der Waals surface area contributed by atoms with Gasteiger partial charge in [-0.3, -0.25) is 4.98 Å². The van der Waals surface area contributed by atoms with Crippen molar-refractivity contribution in [1.29, 1.82) is 0 Å². The summed E-state index contributed by atoms with van der Waals surface area (Å²) in [6.45, 7) is 2.70. The topological polar surface area (TPSA) is 58.5 Å². The molecule has 0 bridgehead atoms. The Morgan fingerprint density at radius 1 is 1.53 bits per heavy atom. The highest BCUT2D eigenvalue weighted by atomic mass is 16.5. The van der Waals surface area contributed by atoms with Crippen LogP contribution in [0.25, 0.3) is 0 Å². The number of anilines is 1. The van der Waals surface area contributed by atoms with Gasteiger partial charge in [0.25, 0.3) is 0 Å². The van der Waals surface area contributed by atoms with Gasteiger partial charge in [-0.2, -0.15) is 0 Å². The number of rotatable bonds is 4. The highest BCUT2D eigenvalue weighted by Gasteiger charge is 2.21. The monoisotopic (exact) mass is 237 g/mol. The van der Waals surface area contributed by atoms with Crippen LogP contribution in [0, 0.1) is 5.92 Å². The van der Waals surface area contributed by atoms with E-state index in [0.29, 0.717) is 11.6 Å². The average Bonchev–Trinajstić information content (AvgIpc) is 2.40. The first-order chi connectivity index (χ1) is 8.33. The van der Waals surface area contributed by atoms with E-state index in [0.717, 1.165) is 31.9 Å². The van der Waals surface area contributed by atoms with Gasteiger partial charge in [0.05, 0.1) is 31.3 Å². The molecule has 0 saturated carbocycles. The fraction of sp³-hybridized carbons (Fsp3) is 0.667. The summed E-state index contributed by atoms with van der Waals surface area (Å²) in [5, 5.41) is 9.06. The van der Waals surface area contributed by atoms with Gasteiger partial charge in [0.1, 0.15) is 5.82 Å². The van der Waals surface area contributed by atoms with E-state index in [4.69, 9.17) is 9.84 Å². The number of aromatic nitrogens is 2. The van der Waals surface area contributed by atoms with Crippen molar-refractivity contribution in [3.8, 4) is 0 Å². The Morgan fingerprint density at radius 2 is 2.41 bits per heavy atom. The third-order valence-electron chi connectivity index (χ3n) is 3.08. The molecule has 2 rings (SSSR count). The fourth-order valence-electron chi connectivity index (χ4n) is 2.27. The van der Waals surface area contributed by atoms with Gasteiger partial charge in [0.15, 0.2) is 0 Å². The standard InChI is InChI=1S/C12H19N3O2/c1-17-9-10-3-2-4-15(7-10)12-6-13-5-11(8-16)14-12/h5-6,10,16H,2-4,7-9H2,1H3. The Hall–Kier alpha value is -1.20. The molecule has 1 unspecified atom stereocenters. The third kappa shape index (κ3) is 3.14. The summed E-state index contributed by atoms with van der Waals surface area (Å²) >= 11 is 0. The zero-order valence-corrected chi connectivity index (χ0v) is 10.2. The molecule has 1 saturated heterocycles. The average molecular weight is 237 g/mol. The van der Waals surface area contributed by atoms with E-state index < -0.39 is 0 Å². The number of methoxy groups -OCH3 is 1. The number of piperidine rings is 1. The maximum atomic E-state index is 9.06. The molecule has 1 atom stereocenters. The van der Waals surface area contributed by atoms with Crippen molar-refractivity contribution < 1.29 is 9.84 Å². The van der Waals surface area contributed by atoms with Crippen molar-refractivity contribution in [2.75, 3.05) is 31.7 Å². The second-order valence-electron chi connectivity index (χ2n) is 4.44. The van der Waals surface area contributed by atoms with Crippen molar-refractivity contribution in [2.24, 2.45) is 5.92 Å². The molecule has 1 aromatic rings. The molecule has 5 heteroatoms. The van der Waals surface area contributed by atoms with Gasteiger partial charge in [-0.05, 0) is 18.8 Å². The van der Waals surface area contributed by atoms with Crippen LogP contribution >= 0.6 is 0 Å². The second-order valence-corrected chi connectivity index (χ2v) is 4.44. The van der Waals surface area contributed by atoms with Crippen LogP contribution in [0.15, 0.2) is 12.4 Å². The van der Waals surface area contributed by atoms with Gasteiger partial charge >= 0.3 is 0 Å². The minimum absolute atomic E-state index is 0.0593. The summed E-state index contributed by atoms with van der Waals surface area (Å²) in [6.07, 6.45) is 5.71. The Morgan fingerprint density at radius 3 is 3.18 bits per heavy atom. The summed E-state index contributed by atoms with van der Waals surface area (Å²) in [5.41, 5.74) is 0.622. The smallest absolute Gasteiger partial charge is 0.147 e. The molecule has 0 spiro atoms. The first-order valence-corrected chi connectivity index (χ1v) is 5.99. The van der Waals surface area contributed by atoms with Crippen molar-refractivity contribution in [3.63, 3.8) is 0 Å². The molecule has 0 aliphatic carbocycles. The fourth-order valence-corrected chi connectivity index (χ4v) is 2.27. The van der Waals surface area contributed by atoms with Crippen LogP contribution in [0.1, 0.15) is 18.5 Å². The Bertz CT molecular complexity index is 357. The first kappa shape index (κ1) is 12.3. The maximum absolute atomic E-state index is 9.06. The van der Waals surface area contributed by atoms with Crippen LogP contribution in [0.2, 0.25) is 0 Å².